The lowest BCUT2D eigenvalue weighted by molar-refractivity contribution is -0.139. The maximum absolute atomic E-state index is 12.5. The zero-order valence-corrected chi connectivity index (χ0v) is 18.8. The molecule has 3 N–H and O–H groups in total. The lowest BCUT2D eigenvalue weighted by Gasteiger charge is -2.35. The molecule has 0 aliphatic carbocycles. The number of hydrogen-bond acceptors (Lipinski definition) is 5. The summed E-state index contributed by atoms with van der Waals surface area (Å²) in [7, 11) is 0. The number of halogens is 1. The van der Waals surface area contributed by atoms with Gasteiger partial charge in [-0.25, -0.2) is 0 Å². The van der Waals surface area contributed by atoms with Crippen molar-refractivity contribution in [3.05, 3.63) is 35.2 Å². The Bertz CT molecular complexity index is 847. The van der Waals surface area contributed by atoms with Gasteiger partial charge in [0.15, 0.2) is 0 Å². The second kappa shape index (κ2) is 11.3. The topological polar surface area (TPSA) is 95.7 Å². The molecule has 1 unspecified atom stereocenters. The van der Waals surface area contributed by atoms with E-state index in [0.29, 0.717) is 44.0 Å². The number of hydrogen-bond donors (Lipinski definition) is 2. The smallest absolute Gasteiger partial charge is 0.261 e. The minimum Gasteiger partial charge on any atom is -0.351 e. The van der Waals surface area contributed by atoms with E-state index in [1.165, 1.54) is 11.3 Å². The fourth-order valence-corrected chi connectivity index (χ4v) is 4.46. The first-order chi connectivity index (χ1) is 14.0. The molecule has 2 heterocycles. The van der Waals surface area contributed by atoms with Crippen LogP contribution in [0.15, 0.2) is 30.3 Å². The van der Waals surface area contributed by atoms with Crippen molar-refractivity contribution in [3.8, 4) is 0 Å². The van der Waals surface area contributed by atoms with Crippen LogP contribution in [0, 0.1) is 5.92 Å². The van der Waals surface area contributed by atoms with Gasteiger partial charge in [0.1, 0.15) is 0 Å². The van der Waals surface area contributed by atoms with Crippen LogP contribution in [0.5, 0.6) is 0 Å². The molecule has 1 aromatic heterocycles. The normalized spacial score (nSPS) is 14.9. The number of benzene rings is 1. The van der Waals surface area contributed by atoms with E-state index in [1.807, 2.05) is 42.2 Å². The van der Waals surface area contributed by atoms with Crippen molar-refractivity contribution < 1.29 is 14.4 Å². The maximum atomic E-state index is 12.5. The van der Waals surface area contributed by atoms with Gasteiger partial charge < -0.3 is 20.9 Å². The van der Waals surface area contributed by atoms with Crippen molar-refractivity contribution in [2.24, 2.45) is 11.7 Å². The molecule has 1 aromatic carbocycles. The van der Waals surface area contributed by atoms with Crippen molar-refractivity contribution in [2.45, 2.75) is 19.8 Å². The van der Waals surface area contributed by atoms with Crippen LogP contribution in [-0.2, 0) is 9.59 Å². The molecule has 1 aliphatic rings. The quantitative estimate of drug-likeness (QED) is 0.672. The van der Waals surface area contributed by atoms with Gasteiger partial charge in [-0.3, -0.25) is 14.4 Å². The van der Waals surface area contributed by atoms with Crippen LogP contribution in [0.25, 0.3) is 10.1 Å². The summed E-state index contributed by atoms with van der Waals surface area (Å²) in [5, 5.41) is 4.04. The van der Waals surface area contributed by atoms with Crippen molar-refractivity contribution >= 4 is 51.6 Å². The highest BCUT2D eigenvalue weighted by atomic mass is 35.5. The highest BCUT2D eigenvalue weighted by Crippen LogP contribution is 2.25. The summed E-state index contributed by atoms with van der Waals surface area (Å²) in [6.07, 6.45) is 1.19. The Hall–Kier alpha value is -2.16. The van der Waals surface area contributed by atoms with Gasteiger partial charge >= 0.3 is 0 Å². The first kappa shape index (κ1) is 24.1. The molecule has 7 nitrogen and oxygen atoms in total. The molecule has 0 saturated carbocycles. The molecular weight excluding hydrogens is 424 g/mol. The van der Waals surface area contributed by atoms with Crippen LogP contribution in [0.1, 0.15) is 29.4 Å². The molecule has 9 heteroatoms. The largest absolute Gasteiger partial charge is 0.351 e. The number of fused-ring (bicyclic) bond motifs is 1. The van der Waals surface area contributed by atoms with E-state index in [2.05, 4.69) is 5.32 Å². The van der Waals surface area contributed by atoms with Crippen molar-refractivity contribution in [1.29, 1.82) is 0 Å². The van der Waals surface area contributed by atoms with Gasteiger partial charge in [0.05, 0.1) is 11.4 Å². The minimum absolute atomic E-state index is 0. The Morgan fingerprint density at radius 2 is 1.73 bits per heavy atom. The lowest BCUT2D eigenvalue weighted by Crippen LogP contribution is -2.52. The Morgan fingerprint density at radius 3 is 2.37 bits per heavy atom. The van der Waals surface area contributed by atoms with Crippen molar-refractivity contribution in [2.75, 3.05) is 39.3 Å². The van der Waals surface area contributed by atoms with E-state index in [4.69, 9.17) is 5.73 Å². The molecule has 1 saturated heterocycles. The van der Waals surface area contributed by atoms with Crippen LogP contribution in [-0.4, -0.2) is 66.8 Å². The zero-order valence-electron chi connectivity index (χ0n) is 17.1. The Morgan fingerprint density at radius 1 is 1.10 bits per heavy atom. The fourth-order valence-electron chi connectivity index (χ4n) is 3.48. The predicted molar refractivity (Wildman–Crippen MR) is 122 cm³/mol. The predicted octanol–water partition coefficient (Wildman–Crippen LogP) is 2.10. The summed E-state index contributed by atoms with van der Waals surface area (Å²) >= 11 is 1.49. The van der Waals surface area contributed by atoms with E-state index in [-0.39, 0.29) is 42.6 Å². The molecular formula is C21H29ClN4O3S. The lowest BCUT2D eigenvalue weighted by atomic mass is 10.0. The molecule has 3 rings (SSSR count). The monoisotopic (exact) mass is 452 g/mol. The third-order valence-electron chi connectivity index (χ3n) is 5.25. The van der Waals surface area contributed by atoms with Crippen molar-refractivity contribution in [1.82, 2.24) is 15.1 Å². The number of piperazine rings is 1. The van der Waals surface area contributed by atoms with Gasteiger partial charge in [-0.15, -0.1) is 23.7 Å². The van der Waals surface area contributed by atoms with Crippen LogP contribution >= 0.6 is 23.7 Å². The molecule has 0 bridgehead atoms. The molecule has 1 fully saturated rings. The van der Waals surface area contributed by atoms with Gasteiger partial charge in [0.2, 0.25) is 11.8 Å². The van der Waals surface area contributed by atoms with Crippen LogP contribution < -0.4 is 11.1 Å². The van der Waals surface area contributed by atoms with Gasteiger partial charge in [0, 0.05) is 43.8 Å². The highest BCUT2D eigenvalue weighted by Gasteiger charge is 2.24. The van der Waals surface area contributed by atoms with Gasteiger partial charge in [-0.05, 0) is 29.9 Å². The van der Waals surface area contributed by atoms with E-state index < -0.39 is 0 Å². The minimum atomic E-state index is -0.0696. The third-order valence-corrected chi connectivity index (χ3v) is 6.37. The third kappa shape index (κ3) is 6.17. The summed E-state index contributed by atoms with van der Waals surface area (Å²) in [4.78, 5) is 40.7. The Labute approximate surface area is 187 Å². The van der Waals surface area contributed by atoms with Crippen molar-refractivity contribution in [3.63, 3.8) is 0 Å². The first-order valence-electron chi connectivity index (χ1n) is 10.0. The molecule has 1 atom stereocenters. The fraction of sp³-hybridized carbons (Fsp3) is 0.476. The number of nitrogens with zero attached hydrogens (tertiary/aromatic N) is 2. The first-order valence-corrected chi connectivity index (χ1v) is 10.8. The average molecular weight is 453 g/mol. The van der Waals surface area contributed by atoms with Crippen LogP contribution in [0.2, 0.25) is 0 Å². The second-order valence-electron chi connectivity index (χ2n) is 7.47. The standard InChI is InChI=1S/C21H28N4O3S.ClH/c1-15(12-19(26)24-8-10-25(11-9-24)20(27)14-22)6-7-23-21(28)18-13-16-4-2-3-5-17(16)29-18;/h2-5,13,15H,6-12,14,22H2,1H3,(H,23,28);1H. The SMILES string of the molecule is CC(CCNC(=O)c1cc2ccccc2s1)CC(=O)N1CCN(C(=O)CN)CC1.Cl. The number of thiophene rings is 1. The average Bonchev–Trinajstić information content (AvgIpc) is 3.17. The van der Waals surface area contributed by atoms with Crippen LogP contribution in [0.3, 0.4) is 0 Å². The van der Waals surface area contributed by atoms with E-state index in [9.17, 15) is 14.4 Å². The van der Waals surface area contributed by atoms with Gasteiger partial charge in [-0.1, -0.05) is 25.1 Å². The summed E-state index contributed by atoms with van der Waals surface area (Å²) < 4.78 is 1.10. The zero-order chi connectivity index (χ0) is 20.8. The van der Waals surface area contributed by atoms with E-state index in [0.717, 1.165) is 16.5 Å². The molecule has 1 aliphatic heterocycles. The van der Waals surface area contributed by atoms with Gasteiger partial charge in [0.25, 0.3) is 5.91 Å². The van der Waals surface area contributed by atoms with E-state index in [1.54, 1.807) is 4.90 Å². The van der Waals surface area contributed by atoms with E-state index >= 15 is 0 Å². The molecule has 164 valence electrons. The molecule has 30 heavy (non-hydrogen) atoms. The highest BCUT2D eigenvalue weighted by molar-refractivity contribution is 7.20. The molecule has 0 radical (unpaired) electrons. The Balaban J connectivity index is 0.00000320. The summed E-state index contributed by atoms with van der Waals surface area (Å²) in [5.74, 6) is 0.146. The summed E-state index contributed by atoms with van der Waals surface area (Å²) in [5.41, 5.74) is 5.39. The number of nitrogens with one attached hydrogen (secondary N) is 1. The molecule has 2 aromatic rings. The number of carbonyl (C=O) groups is 3. The summed E-state index contributed by atoms with van der Waals surface area (Å²) in [6, 6.07) is 9.86. The molecule has 0 spiro atoms. The molecule has 3 amide bonds. The van der Waals surface area contributed by atoms with Crippen LogP contribution in [0.4, 0.5) is 0 Å². The number of nitrogens with two attached hydrogens (primary N) is 1. The second-order valence-corrected chi connectivity index (χ2v) is 8.55. The summed E-state index contributed by atoms with van der Waals surface area (Å²) in [6.45, 7) is 4.78. The number of amides is 3. The maximum Gasteiger partial charge on any atom is 0.261 e. The van der Waals surface area contributed by atoms with Gasteiger partial charge in [-0.2, -0.15) is 0 Å². The number of carbonyl (C=O) groups excluding carboxylic acids is 3. The number of rotatable bonds is 7. The Kier molecular flexibility index (Phi) is 9.08.